The van der Waals surface area contributed by atoms with Crippen molar-refractivity contribution in [3.05, 3.63) is 29.3 Å². The van der Waals surface area contributed by atoms with Crippen LogP contribution >= 0.6 is 0 Å². The Morgan fingerprint density at radius 3 is 2.68 bits per heavy atom. The minimum atomic E-state index is -1.55. The summed E-state index contributed by atoms with van der Waals surface area (Å²) in [5, 5.41) is 12.3. The highest BCUT2D eigenvalue weighted by Crippen LogP contribution is 2.52. The third kappa shape index (κ3) is 3.40. The molecule has 1 aromatic carbocycles. The first-order valence-electron chi connectivity index (χ1n) is 9.89. The van der Waals surface area contributed by atoms with Gasteiger partial charge in [0.25, 0.3) is 0 Å². The number of fused-ring (bicyclic) bond motifs is 3. The number of phenolic OH excluding ortho intramolecular Hbond substituents is 1. The molecule has 3 rings (SSSR count). The van der Waals surface area contributed by atoms with Crippen LogP contribution in [0.4, 0.5) is 0 Å². The van der Waals surface area contributed by atoms with E-state index in [-0.39, 0.29) is 11.5 Å². The molecule has 2 aliphatic rings. The lowest BCUT2D eigenvalue weighted by Crippen LogP contribution is -2.47. The second-order valence-corrected chi connectivity index (χ2v) is 14.1. The molecule has 0 saturated carbocycles. The third-order valence-corrected chi connectivity index (χ3v) is 9.86. The highest BCUT2D eigenvalue weighted by Gasteiger charge is 2.45. The summed E-state index contributed by atoms with van der Waals surface area (Å²) in [6.07, 6.45) is 7.13. The minimum Gasteiger partial charge on any atom is -0.508 e. The molecule has 2 nitrogen and oxygen atoms in total. The monoisotopic (exact) mass is 358 g/mol. The van der Waals surface area contributed by atoms with Crippen LogP contribution in [0.3, 0.4) is 0 Å². The van der Waals surface area contributed by atoms with Crippen LogP contribution in [0.2, 0.25) is 19.1 Å². The summed E-state index contributed by atoms with van der Waals surface area (Å²) >= 11 is 0. The normalized spacial score (nSPS) is 24.8. The van der Waals surface area contributed by atoms with Crippen molar-refractivity contribution in [2.45, 2.75) is 84.0 Å². The van der Waals surface area contributed by atoms with Gasteiger partial charge in [0.05, 0.1) is 8.07 Å². The molecule has 1 heterocycles. The standard InChI is InChI=1S/C22H34O2Si/c1-7-8-11-25(5,6)16-13-19(23)21-17-12-15(2)9-10-18(17)22(3,4)24-20(21)14-16/h12-14,17-18,23H,7-11H2,1-6H3/t17-,18-/m1/s1. The summed E-state index contributed by atoms with van der Waals surface area (Å²) in [5.74, 6) is 2.08. The summed E-state index contributed by atoms with van der Waals surface area (Å²) in [6.45, 7) is 13.7. The van der Waals surface area contributed by atoms with Crippen LogP contribution < -0.4 is 9.92 Å². The Hall–Kier alpha value is -1.22. The van der Waals surface area contributed by atoms with E-state index in [2.05, 4.69) is 59.0 Å². The Kier molecular flexibility index (Phi) is 4.82. The van der Waals surface area contributed by atoms with Gasteiger partial charge in [0.15, 0.2) is 0 Å². The van der Waals surface area contributed by atoms with Gasteiger partial charge in [-0.2, -0.15) is 0 Å². The molecule has 0 spiro atoms. The summed E-state index contributed by atoms with van der Waals surface area (Å²) < 4.78 is 6.48. The molecule has 0 bridgehead atoms. The van der Waals surface area contributed by atoms with E-state index in [1.54, 1.807) is 0 Å². The number of hydrogen-bond donors (Lipinski definition) is 1. The van der Waals surface area contributed by atoms with E-state index in [1.807, 2.05) is 0 Å². The first-order valence-corrected chi connectivity index (χ1v) is 13.1. The molecule has 0 amide bonds. The Labute approximate surface area is 154 Å². The molecule has 25 heavy (non-hydrogen) atoms. The zero-order valence-electron chi connectivity index (χ0n) is 16.8. The van der Waals surface area contributed by atoms with Gasteiger partial charge >= 0.3 is 0 Å². The zero-order chi connectivity index (χ0) is 18.4. The number of benzene rings is 1. The Bertz CT molecular complexity index is 688. The molecule has 1 aliphatic carbocycles. The first kappa shape index (κ1) is 18.6. The molecule has 0 fully saturated rings. The fourth-order valence-electron chi connectivity index (χ4n) is 4.68. The van der Waals surface area contributed by atoms with Gasteiger partial charge in [0.1, 0.15) is 17.1 Å². The SMILES string of the molecule is CCCC[Si](C)(C)c1cc(O)c2c(c1)OC(C)(C)[C@@H]1CCC(C)=C[C@@H]21. The largest absolute Gasteiger partial charge is 0.508 e. The fraction of sp³-hybridized carbons (Fsp3) is 0.636. The van der Waals surface area contributed by atoms with E-state index in [9.17, 15) is 5.11 Å². The van der Waals surface area contributed by atoms with Crippen molar-refractivity contribution < 1.29 is 9.84 Å². The van der Waals surface area contributed by atoms with E-state index in [0.717, 1.165) is 24.2 Å². The van der Waals surface area contributed by atoms with Crippen molar-refractivity contribution in [2.24, 2.45) is 5.92 Å². The number of hydrogen-bond acceptors (Lipinski definition) is 2. The van der Waals surface area contributed by atoms with E-state index in [1.165, 1.54) is 29.6 Å². The summed E-state index contributed by atoms with van der Waals surface area (Å²) in [5.41, 5.74) is 2.27. The Morgan fingerprint density at radius 2 is 2.00 bits per heavy atom. The van der Waals surface area contributed by atoms with Gasteiger partial charge in [-0.05, 0) is 45.7 Å². The average molecular weight is 359 g/mol. The molecule has 2 atom stereocenters. The van der Waals surface area contributed by atoms with Crippen LogP contribution in [-0.4, -0.2) is 18.8 Å². The number of unbranched alkanes of at least 4 members (excludes halogenated alkanes) is 1. The first-order chi connectivity index (χ1) is 11.7. The van der Waals surface area contributed by atoms with Crippen molar-refractivity contribution >= 4 is 13.3 Å². The Morgan fingerprint density at radius 1 is 1.28 bits per heavy atom. The van der Waals surface area contributed by atoms with Gasteiger partial charge in [-0.1, -0.05) is 55.7 Å². The van der Waals surface area contributed by atoms with E-state index >= 15 is 0 Å². The molecule has 0 radical (unpaired) electrons. The van der Waals surface area contributed by atoms with Crippen LogP contribution in [0, 0.1) is 5.92 Å². The predicted octanol–water partition coefficient (Wildman–Crippen LogP) is 5.72. The summed E-state index contributed by atoms with van der Waals surface area (Å²) in [7, 11) is -1.55. The molecule has 1 N–H and O–H groups in total. The van der Waals surface area contributed by atoms with Crippen LogP contribution in [0.25, 0.3) is 0 Å². The molecular formula is C22H34O2Si. The second kappa shape index (κ2) is 6.50. The molecular weight excluding hydrogens is 324 g/mol. The quantitative estimate of drug-likeness (QED) is 0.551. The number of ether oxygens (including phenoxy) is 1. The van der Waals surface area contributed by atoms with Crippen molar-refractivity contribution in [1.82, 2.24) is 0 Å². The maximum absolute atomic E-state index is 10.9. The molecule has 0 unspecified atom stereocenters. The van der Waals surface area contributed by atoms with Crippen molar-refractivity contribution in [3.63, 3.8) is 0 Å². The lowest BCUT2D eigenvalue weighted by Gasteiger charge is -2.46. The zero-order valence-corrected chi connectivity index (χ0v) is 17.8. The van der Waals surface area contributed by atoms with Gasteiger partial charge in [-0.25, -0.2) is 0 Å². The van der Waals surface area contributed by atoms with Crippen molar-refractivity contribution in [3.8, 4) is 11.5 Å². The molecule has 1 aliphatic heterocycles. The van der Waals surface area contributed by atoms with Gasteiger partial charge in [-0.3, -0.25) is 0 Å². The van der Waals surface area contributed by atoms with Gasteiger partial charge in [-0.15, -0.1) is 0 Å². The fourth-order valence-corrected chi connectivity index (χ4v) is 7.25. The molecule has 138 valence electrons. The molecule has 0 aromatic heterocycles. The number of allylic oxidation sites excluding steroid dienone is 2. The van der Waals surface area contributed by atoms with E-state index < -0.39 is 8.07 Å². The van der Waals surface area contributed by atoms with E-state index in [0.29, 0.717) is 11.7 Å². The van der Waals surface area contributed by atoms with Crippen LogP contribution in [0.5, 0.6) is 11.5 Å². The topological polar surface area (TPSA) is 29.5 Å². The minimum absolute atomic E-state index is 0.185. The smallest absolute Gasteiger partial charge is 0.127 e. The van der Waals surface area contributed by atoms with Crippen molar-refractivity contribution in [2.75, 3.05) is 0 Å². The summed E-state index contributed by atoms with van der Waals surface area (Å²) in [6, 6.07) is 5.57. The number of phenols is 1. The summed E-state index contributed by atoms with van der Waals surface area (Å²) in [4.78, 5) is 0. The predicted molar refractivity (Wildman–Crippen MR) is 109 cm³/mol. The van der Waals surface area contributed by atoms with Gasteiger partial charge in [0.2, 0.25) is 0 Å². The van der Waals surface area contributed by atoms with Crippen LogP contribution in [-0.2, 0) is 0 Å². The lowest BCUT2D eigenvalue weighted by atomic mass is 9.68. The van der Waals surface area contributed by atoms with Crippen LogP contribution in [0.15, 0.2) is 23.8 Å². The van der Waals surface area contributed by atoms with Crippen molar-refractivity contribution in [1.29, 1.82) is 0 Å². The highest BCUT2D eigenvalue weighted by molar-refractivity contribution is 6.89. The molecule has 1 aromatic rings. The molecule has 0 saturated heterocycles. The third-order valence-electron chi connectivity index (χ3n) is 6.40. The maximum atomic E-state index is 10.9. The van der Waals surface area contributed by atoms with E-state index in [4.69, 9.17) is 4.74 Å². The second-order valence-electron chi connectivity index (χ2n) is 9.28. The Balaban J connectivity index is 2.08. The molecule has 3 heteroatoms. The van der Waals surface area contributed by atoms with Crippen LogP contribution in [0.1, 0.15) is 64.9 Å². The van der Waals surface area contributed by atoms with Gasteiger partial charge in [0, 0.05) is 17.4 Å². The highest BCUT2D eigenvalue weighted by atomic mass is 28.3. The van der Waals surface area contributed by atoms with Gasteiger partial charge < -0.3 is 9.84 Å². The maximum Gasteiger partial charge on any atom is 0.127 e. The number of rotatable bonds is 4. The number of aromatic hydroxyl groups is 1. The lowest BCUT2D eigenvalue weighted by molar-refractivity contribution is 0.0109. The average Bonchev–Trinajstić information content (AvgIpc) is 2.51.